The van der Waals surface area contributed by atoms with Crippen LogP contribution in [0, 0.1) is 11.7 Å². The van der Waals surface area contributed by atoms with Crippen LogP contribution in [-0.4, -0.2) is 31.1 Å². The van der Waals surface area contributed by atoms with Crippen LogP contribution < -0.4 is 15.0 Å². The van der Waals surface area contributed by atoms with Crippen LogP contribution in [0.1, 0.15) is 5.56 Å². The first-order valence-corrected chi connectivity index (χ1v) is 9.16. The van der Waals surface area contributed by atoms with Crippen molar-refractivity contribution in [2.45, 2.75) is 6.54 Å². The molecule has 5 nitrogen and oxygen atoms in total. The number of aromatic nitrogens is 1. The number of thiazole rings is 1. The Hall–Kier alpha value is -2.67. The van der Waals surface area contributed by atoms with Crippen molar-refractivity contribution in [1.82, 2.24) is 10.3 Å². The maximum absolute atomic E-state index is 13.6. The molecule has 1 aliphatic heterocycles. The van der Waals surface area contributed by atoms with E-state index in [1.165, 1.54) is 6.07 Å². The Morgan fingerprint density at radius 3 is 2.92 bits per heavy atom. The van der Waals surface area contributed by atoms with Gasteiger partial charge in [-0.05, 0) is 24.3 Å². The Balaban J connectivity index is 1.34. The van der Waals surface area contributed by atoms with Crippen LogP contribution in [0.25, 0.3) is 10.2 Å². The molecule has 1 fully saturated rings. The second-order valence-corrected chi connectivity index (χ2v) is 7.25. The lowest BCUT2D eigenvalue weighted by Crippen LogP contribution is -2.53. The number of halogens is 1. The largest absolute Gasteiger partial charge is 0.497 e. The summed E-state index contributed by atoms with van der Waals surface area (Å²) in [6.45, 7) is 1.46. The van der Waals surface area contributed by atoms with Crippen LogP contribution in [0.5, 0.6) is 5.75 Å². The molecule has 1 amide bonds. The molecule has 1 N–H and O–H groups in total. The number of rotatable bonds is 5. The van der Waals surface area contributed by atoms with Crippen molar-refractivity contribution in [3.8, 4) is 5.75 Å². The molecule has 0 bridgehead atoms. The summed E-state index contributed by atoms with van der Waals surface area (Å²) < 4.78 is 19.9. The second kappa shape index (κ2) is 6.92. The molecule has 7 heteroatoms. The van der Waals surface area contributed by atoms with Crippen LogP contribution in [0.4, 0.5) is 9.52 Å². The minimum Gasteiger partial charge on any atom is -0.497 e. The predicted octanol–water partition coefficient (Wildman–Crippen LogP) is 3.20. The lowest BCUT2D eigenvalue weighted by atomic mass is 10.00. The van der Waals surface area contributed by atoms with Gasteiger partial charge < -0.3 is 15.0 Å². The van der Waals surface area contributed by atoms with Gasteiger partial charge in [0.2, 0.25) is 5.91 Å². The molecule has 0 radical (unpaired) electrons. The zero-order chi connectivity index (χ0) is 18.1. The van der Waals surface area contributed by atoms with E-state index in [0.29, 0.717) is 18.7 Å². The van der Waals surface area contributed by atoms with Gasteiger partial charge in [0.1, 0.15) is 11.6 Å². The number of carbonyl (C=O) groups is 1. The van der Waals surface area contributed by atoms with E-state index < -0.39 is 0 Å². The number of anilines is 1. The lowest BCUT2D eigenvalue weighted by Gasteiger charge is -2.37. The molecule has 3 aromatic rings. The number of fused-ring (bicyclic) bond motifs is 1. The summed E-state index contributed by atoms with van der Waals surface area (Å²) in [5, 5.41) is 3.72. The molecule has 1 aliphatic rings. The molecule has 2 heterocycles. The minimum absolute atomic E-state index is 0.0488. The number of hydrogen-bond acceptors (Lipinski definition) is 5. The van der Waals surface area contributed by atoms with Crippen LogP contribution in [-0.2, 0) is 11.3 Å². The van der Waals surface area contributed by atoms with Crippen molar-refractivity contribution in [3.63, 3.8) is 0 Å². The number of methoxy groups -OCH3 is 1. The molecule has 0 unspecified atom stereocenters. The van der Waals surface area contributed by atoms with Crippen molar-refractivity contribution in [2.24, 2.45) is 5.92 Å². The Kier molecular flexibility index (Phi) is 4.46. The van der Waals surface area contributed by atoms with E-state index in [2.05, 4.69) is 15.2 Å². The van der Waals surface area contributed by atoms with E-state index in [0.717, 1.165) is 21.1 Å². The number of amides is 1. The first kappa shape index (κ1) is 16.8. The van der Waals surface area contributed by atoms with Gasteiger partial charge in [0.25, 0.3) is 0 Å². The topological polar surface area (TPSA) is 54.5 Å². The number of ether oxygens (including phenoxy) is 1. The van der Waals surface area contributed by atoms with E-state index in [9.17, 15) is 9.18 Å². The Morgan fingerprint density at radius 1 is 1.35 bits per heavy atom. The van der Waals surface area contributed by atoms with Gasteiger partial charge in [-0.25, -0.2) is 9.37 Å². The SMILES string of the molecule is COc1ccc2nc(N3CC(C(=O)NCc4ccccc4F)C3)sc2c1. The molecule has 2 aromatic carbocycles. The predicted molar refractivity (Wildman–Crippen MR) is 100 cm³/mol. The van der Waals surface area contributed by atoms with Gasteiger partial charge in [-0.3, -0.25) is 4.79 Å². The minimum atomic E-state index is -0.298. The molecular weight excluding hydrogens is 353 g/mol. The Labute approximate surface area is 154 Å². The monoisotopic (exact) mass is 371 g/mol. The number of carbonyl (C=O) groups excluding carboxylic acids is 1. The summed E-state index contributed by atoms with van der Waals surface area (Å²) in [5.74, 6) is 0.366. The van der Waals surface area contributed by atoms with Gasteiger partial charge >= 0.3 is 0 Å². The summed E-state index contributed by atoms with van der Waals surface area (Å²) in [7, 11) is 1.64. The van der Waals surface area contributed by atoms with Gasteiger partial charge in [-0.1, -0.05) is 29.5 Å². The molecule has 1 aromatic heterocycles. The van der Waals surface area contributed by atoms with Crippen molar-refractivity contribution in [2.75, 3.05) is 25.1 Å². The fourth-order valence-corrected chi connectivity index (χ4v) is 3.94. The zero-order valence-electron chi connectivity index (χ0n) is 14.2. The molecule has 0 aliphatic carbocycles. The maximum Gasteiger partial charge on any atom is 0.226 e. The van der Waals surface area contributed by atoms with E-state index >= 15 is 0 Å². The summed E-state index contributed by atoms with van der Waals surface area (Å²) in [6.07, 6.45) is 0. The lowest BCUT2D eigenvalue weighted by molar-refractivity contribution is -0.125. The third kappa shape index (κ3) is 3.22. The van der Waals surface area contributed by atoms with Gasteiger partial charge in [0, 0.05) is 25.2 Å². The highest BCUT2D eigenvalue weighted by Gasteiger charge is 2.34. The van der Waals surface area contributed by atoms with Gasteiger partial charge in [-0.15, -0.1) is 0 Å². The van der Waals surface area contributed by atoms with Crippen LogP contribution in [0.15, 0.2) is 42.5 Å². The first-order valence-electron chi connectivity index (χ1n) is 8.34. The highest BCUT2D eigenvalue weighted by Crippen LogP contribution is 2.34. The molecule has 0 spiro atoms. The van der Waals surface area contributed by atoms with E-state index in [1.54, 1.807) is 36.6 Å². The third-order valence-electron chi connectivity index (χ3n) is 4.52. The molecule has 1 saturated heterocycles. The molecular formula is C19H18FN3O2S. The Bertz CT molecular complexity index is 953. The van der Waals surface area contributed by atoms with Crippen LogP contribution in [0.2, 0.25) is 0 Å². The average Bonchev–Trinajstić information content (AvgIpc) is 3.02. The van der Waals surface area contributed by atoms with Gasteiger partial charge in [-0.2, -0.15) is 0 Å². The summed E-state index contributed by atoms with van der Waals surface area (Å²) >= 11 is 1.59. The normalized spacial score (nSPS) is 14.3. The number of hydrogen-bond donors (Lipinski definition) is 1. The van der Waals surface area contributed by atoms with Crippen molar-refractivity contribution >= 4 is 32.6 Å². The quantitative estimate of drug-likeness (QED) is 0.748. The average molecular weight is 371 g/mol. The highest BCUT2D eigenvalue weighted by molar-refractivity contribution is 7.22. The molecule has 4 rings (SSSR count). The second-order valence-electron chi connectivity index (χ2n) is 6.24. The van der Waals surface area contributed by atoms with Crippen LogP contribution in [0.3, 0.4) is 0 Å². The van der Waals surface area contributed by atoms with Crippen molar-refractivity contribution < 1.29 is 13.9 Å². The third-order valence-corrected chi connectivity index (χ3v) is 5.60. The molecule has 134 valence electrons. The molecule has 26 heavy (non-hydrogen) atoms. The zero-order valence-corrected chi connectivity index (χ0v) is 15.1. The van der Waals surface area contributed by atoms with Crippen LogP contribution >= 0.6 is 11.3 Å². The maximum atomic E-state index is 13.6. The number of nitrogens with one attached hydrogen (secondary N) is 1. The summed E-state index contributed by atoms with van der Waals surface area (Å²) in [6, 6.07) is 12.3. The first-order chi connectivity index (χ1) is 12.6. The number of benzene rings is 2. The number of nitrogens with zero attached hydrogens (tertiary/aromatic N) is 2. The van der Waals surface area contributed by atoms with E-state index in [4.69, 9.17) is 4.74 Å². The van der Waals surface area contributed by atoms with E-state index in [-0.39, 0.29) is 24.2 Å². The fraction of sp³-hybridized carbons (Fsp3) is 0.263. The van der Waals surface area contributed by atoms with Crippen molar-refractivity contribution in [3.05, 3.63) is 53.8 Å². The molecule has 0 saturated carbocycles. The Morgan fingerprint density at radius 2 is 2.15 bits per heavy atom. The van der Waals surface area contributed by atoms with Gasteiger partial charge in [0.05, 0.1) is 23.2 Å². The summed E-state index contributed by atoms with van der Waals surface area (Å²) in [4.78, 5) is 19.0. The fourth-order valence-electron chi connectivity index (χ4n) is 2.92. The van der Waals surface area contributed by atoms with E-state index in [1.807, 2.05) is 18.2 Å². The van der Waals surface area contributed by atoms with Crippen molar-refractivity contribution in [1.29, 1.82) is 0 Å². The standard InChI is InChI=1S/C19H18FN3O2S/c1-25-14-6-7-16-17(8-14)26-19(22-16)23-10-13(11-23)18(24)21-9-12-4-2-3-5-15(12)20/h2-8,13H,9-11H2,1H3,(H,21,24). The van der Waals surface area contributed by atoms with Gasteiger partial charge in [0.15, 0.2) is 5.13 Å². The highest BCUT2D eigenvalue weighted by atomic mass is 32.1. The smallest absolute Gasteiger partial charge is 0.226 e. The summed E-state index contributed by atoms with van der Waals surface area (Å²) in [5.41, 5.74) is 1.43. The molecule has 0 atom stereocenters.